The van der Waals surface area contributed by atoms with Crippen molar-refractivity contribution < 1.29 is 23.5 Å². The molecular formula is C13H11F2N3O3. The van der Waals surface area contributed by atoms with Crippen LogP contribution in [0.2, 0.25) is 0 Å². The van der Waals surface area contributed by atoms with Crippen LogP contribution >= 0.6 is 0 Å². The topological polar surface area (TPSA) is 84.2 Å². The van der Waals surface area contributed by atoms with Crippen molar-refractivity contribution in [2.75, 3.05) is 5.32 Å². The summed E-state index contributed by atoms with van der Waals surface area (Å²) in [5.74, 6) is -1.76. The van der Waals surface area contributed by atoms with Crippen LogP contribution in [0.15, 0.2) is 36.7 Å². The highest BCUT2D eigenvalue weighted by Crippen LogP contribution is 2.11. The van der Waals surface area contributed by atoms with Gasteiger partial charge in [-0.25, -0.2) is 18.6 Å². The molecule has 0 atom stereocenters. The Morgan fingerprint density at radius 1 is 1.33 bits per heavy atom. The lowest BCUT2D eigenvalue weighted by molar-refractivity contribution is 0.0690. The molecule has 2 N–H and O–H groups in total. The highest BCUT2D eigenvalue weighted by Gasteiger charge is 2.14. The summed E-state index contributed by atoms with van der Waals surface area (Å²) in [5.41, 5.74) is 0.196. The summed E-state index contributed by atoms with van der Waals surface area (Å²) in [7, 11) is 0. The maximum absolute atomic E-state index is 12.4. The SMILES string of the molecule is O=C(O)c1ccc(NC(=O)c2cccn2CC(F)F)cn1. The van der Waals surface area contributed by atoms with E-state index in [4.69, 9.17) is 5.11 Å². The molecular weight excluding hydrogens is 284 g/mol. The second kappa shape index (κ2) is 6.12. The van der Waals surface area contributed by atoms with Gasteiger partial charge in [0.1, 0.15) is 11.4 Å². The van der Waals surface area contributed by atoms with Gasteiger partial charge in [0.15, 0.2) is 0 Å². The molecule has 2 aromatic heterocycles. The normalized spacial score (nSPS) is 10.6. The maximum atomic E-state index is 12.4. The summed E-state index contributed by atoms with van der Waals surface area (Å²) in [6.45, 7) is -0.577. The number of carboxylic acid groups (broad SMARTS) is 1. The Bertz CT molecular complexity index is 653. The Kier molecular flexibility index (Phi) is 4.27. The molecule has 21 heavy (non-hydrogen) atoms. The van der Waals surface area contributed by atoms with Gasteiger partial charge in [0.25, 0.3) is 12.3 Å². The van der Waals surface area contributed by atoms with E-state index in [1.807, 2.05) is 0 Å². The van der Waals surface area contributed by atoms with Gasteiger partial charge in [-0.1, -0.05) is 0 Å². The minimum Gasteiger partial charge on any atom is -0.477 e. The number of nitrogens with one attached hydrogen (secondary N) is 1. The van der Waals surface area contributed by atoms with Gasteiger partial charge in [-0.15, -0.1) is 0 Å². The lowest BCUT2D eigenvalue weighted by atomic mass is 10.3. The molecule has 8 heteroatoms. The van der Waals surface area contributed by atoms with Gasteiger partial charge < -0.3 is 15.0 Å². The summed E-state index contributed by atoms with van der Waals surface area (Å²) in [6, 6.07) is 5.50. The summed E-state index contributed by atoms with van der Waals surface area (Å²) >= 11 is 0. The molecule has 0 fully saturated rings. The predicted molar refractivity (Wildman–Crippen MR) is 69.6 cm³/mol. The highest BCUT2D eigenvalue weighted by molar-refractivity contribution is 6.03. The number of nitrogens with zero attached hydrogens (tertiary/aromatic N) is 2. The van der Waals surface area contributed by atoms with Gasteiger partial charge >= 0.3 is 5.97 Å². The number of anilines is 1. The Hall–Kier alpha value is -2.77. The molecule has 1 amide bonds. The summed E-state index contributed by atoms with van der Waals surface area (Å²) in [6.07, 6.45) is -0.00493. The van der Waals surface area contributed by atoms with Crippen LogP contribution in [-0.4, -0.2) is 33.0 Å². The molecule has 2 heterocycles. The number of aromatic nitrogens is 2. The molecule has 0 aliphatic rings. The number of halogens is 2. The zero-order chi connectivity index (χ0) is 15.4. The number of rotatable bonds is 5. The van der Waals surface area contributed by atoms with E-state index < -0.39 is 24.8 Å². The number of carbonyl (C=O) groups excluding carboxylic acids is 1. The van der Waals surface area contributed by atoms with E-state index in [9.17, 15) is 18.4 Å². The van der Waals surface area contributed by atoms with Crippen LogP contribution in [0.1, 0.15) is 21.0 Å². The first-order valence-electron chi connectivity index (χ1n) is 5.91. The van der Waals surface area contributed by atoms with Crippen LogP contribution in [0.5, 0.6) is 0 Å². The molecule has 0 bridgehead atoms. The largest absolute Gasteiger partial charge is 0.477 e. The third kappa shape index (κ3) is 3.62. The van der Waals surface area contributed by atoms with Gasteiger partial charge in [0.05, 0.1) is 18.4 Å². The average Bonchev–Trinajstić information content (AvgIpc) is 2.86. The third-order valence-electron chi connectivity index (χ3n) is 2.64. The first kappa shape index (κ1) is 14.6. The highest BCUT2D eigenvalue weighted by atomic mass is 19.3. The zero-order valence-corrected chi connectivity index (χ0v) is 10.7. The third-order valence-corrected chi connectivity index (χ3v) is 2.64. The molecule has 0 aromatic carbocycles. The van der Waals surface area contributed by atoms with Gasteiger partial charge in [-0.05, 0) is 24.3 Å². The minimum atomic E-state index is -2.57. The number of amides is 1. The molecule has 0 aliphatic heterocycles. The molecule has 0 aliphatic carbocycles. The molecule has 110 valence electrons. The number of carboxylic acids is 1. The first-order chi connectivity index (χ1) is 9.97. The van der Waals surface area contributed by atoms with Gasteiger partial charge in [0, 0.05) is 6.20 Å². The monoisotopic (exact) mass is 295 g/mol. The van der Waals surface area contributed by atoms with Gasteiger partial charge in [0.2, 0.25) is 0 Å². The fourth-order valence-electron chi connectivity index (χ4n) is 1.72. The van der Waals surface area contributed by atoms with Crippen LogP contribution in [0.3, 0.4) is 0 Å². The van der Waals surface area contributed by atoms with E-state index in [1.165, 1.54) is 36.7 Å². The van der Waals surface area contributed by atoms with Crippen LogP contribution in [0.25, 0.3) is 0 Å². The number of alkyl halides is 2. The van der Waals surface area contributed by atoms with Crippen molar-refractivity contribution in [2.24, 2.45) is 0 Å². The second-order valence-corrected chi connectivity index (χ2v) is 4.13. The first-order valence-corrected chi connectivity index (χ1v) is 5.91. The molecule has 0 saturated heterocycles. The Labute approximate surface area is 118 Å². The standard InChI is InChI=1S/C13H11F2N3O3/c14-11(15)7-18-5-1-2-10(18)12(19)17-8-3-4-9(13(20)21)16-6-8/h1-6,11H,7H2,(H,17,19)(H,20,21). The number of hydrogen-bond acceptors (Lipinski definition) is 3. The summed E-state index contributed by atoms with van der Waals surface area (Å²) in [4.78, 5) is 26.3. The smallest absolute Gasteiger partial charge is 0.354 e. The van der Waals surface area contributed by atoms with Gasteiger partial charge in [-0.3, -0.25) is 4.79 Å². The summed E-state index contributed by atoms with van der Waals surface area (Å²) < 4.78 is 25.9. The van der Waals surface area contributed by atoms with Crippen LogP contribution in [0.4, 0.5) is 14.5 Å². The fraction of sp³-hybridized carbons (Fsp3) is 0.154. The maximum Gasteiger partial charge on any atom is 0.354 e. The zero-order valence-electron chi connectivity index (χ0n) is 10.7. The lowest BCUT2D eigenvalue weighted by Crippen LogP contribution is -2.19. The predicted octanol–water partition coefficient (Wildman–Crippen LogP) is 2.10. The van der Waals surface area contributed by atoms with Crippen molar-refractivity contribution >= 4 is 17.6 Å². The van der Waals surface area contributed by atoms with Crippen molar-refractivity contribution in [1.29, 1.82) is 0 Å². The van der Waals surface area contributed by atoms with Crippen molar-refractivity contribution in [3.05, 3.63) is 48.0 Å². The molecule has 6 nitrogen and oxygen atoms in total. The van der Waals surface area contributed by atoms with E-state index in [2.05, 4.69) is 10.3 Å². The molecule has 0 radical (unpaired) electrons. The summed E-state index contributed by atoms with van der Waals surface area (Å²) in [5, 5.41) is 11.2. The number of carbonyl (C=O) groups is 2. The van der Waals surface area contributed by atoms with E-state index >= 15 is 0 Å². The van der Waals surface area contributed by atoms with E-state index in [-0.39, 0.29) is 17.1 Å². The lowest BCUT2D eigenvalue weighted by Gasteiger charge is -2.09. The molecule has 2 aromatic rings. The molecule has 0 saturated carbocycles. The molecule has 2 rings (SSSR count). The van der Waals surface area contributed by atoms with Crippen LogP contribution in [0, 0.1) is 0 Å². The van der Waals surface area contributed by atoms with Crippen molar-refractivity contribution in [1.82, 2.24) is 9.55 Å². The fourth-order valence-corrected chi connectivity index (χ4v) is 1.72. The van der Waals surface area contributed by atoms with E-state index in [0.29, 0.717) is 0 Å². The van der Waals surface area contributed by atoms with Crippen molar-refractivity contribution in [2.45, 2.75) is 13.0 Å². The Morgan fingerprint density at radius 2 is 2.10 bits per heavy atom. The number of pyridine rings is 1. The Balaban J connectivity index is 2.11. The molecule has 0 unspecified atom stereocenters. The van der Waals surface area contributed by atoms with Crippen LogP contribution < -0.4 is 5.32 Å². The molecule has 0 spiro atoms. The number of hydrogen-bond donors (Lipinski definition) is 2. The minimum absolute atomic E-state index is 0.0811. The number of aromatic carboxylic acids is 1. The van der Waals surface area contributed by atoms with E-state index in [0.717, 1.165) is 4.57 Å². The Morgan fingerprint density at radius 3 is 2.67 bits per heavy atom. The van der Waals surface area contributed by atoms with Crippen molar-refractivity contribution in [3.8, 4) is 0 Å². The van der Waals surface area contributed by atoms with Crippen molar-refractivity contribution in [3.63, 3.8) is 0 Å². The van der Waals surface area contributed by atoms with Gasteiger partial charge in [-0.2, -0.15) is 0 Å². The quantitative estimate of drug-likeness (QED) is 0.884. The average molecular weight is 295 g/mol. The second-order valence-electron chi connectivity index (χ2n) is 4.13. The van der Waals surface area contributed by atoms with Crippen LogP contribution in [-0.2, 0) is 6.54 Å². The van der Waals surface area contributed by atoms with E-state index in [1.54, 1.807) is 0 Å².